The van der Waals surface area contributed by atoms with Crippen LogP contribution in [-0.4, -0.2) is 25.1 Å². The summed E-state index contributed by atoms with van der Waals surface area (Å²) in [5.41, 5.74) is 0.381. The molecular formula is C15H11ClFN5S. The zero-order chi connectivity index (χ0) is 15.8. The van der Waals surface area contributed by atoms with Crippen LogP contribution in [0.25, 0.3) is 11.4 Å². The molecule has 0 aliphatic heterocycles. The van der Waals surface area contributed by atoms with Gasteiger partial charge in [-0.2, -0.15) is 0 Å². The van der Waals surface area contributed by atoms with Crippen molar-refractivity contribution in [3.8, 4) is 11.4 Å². The summed E-state index contributed by atoms with van der Waals surface area (Å²) < 4.78 is 13.8. The Hall–Kier alpha value is -1.99. The van der Waals surface area contributed by atoms with Gasteiger partial charge in [-0.25, -0.2) is 19.3 Å². The third-order valence-electron chi connectivity index (χ3n) is 3.42. The number of aromatic amines is 1. The van der Waals surface area contributed by atoms with Gasteiger partial charge in [-0.15, -0.1) is 5.10 Å². The van der Waals surface area contributed by atoms with Crippen molar-refractivity contribution in [2.75, 3.05) is 0 Å². The first-order valence-corrected chi connectivity index (χ1v) is 8.28. The van der Waals surface area contributed by atoms with Crippen molar-refractivity contribution < 1.29 is 4.39 Å². The summed E-state index contributed by atoms with van der Waals surface area (Å²) >= 11 is 7.32. The highest BCUT2D eigenvalue weighted by Crippen LogP contribution is 2.39. The number of hydrogen-bond acceptors (Lipinski definition) is 5. The largest absolute Gasteiger partial charge is 0.258 e. The van der Waals surface area contributed by atoms with Crippen LogP contribution in [0.5, 0.6) is 0 Å². The molecule has 1 aromatic carbocycles. The molecule has 1 aliphatic rings. The smallest absolute Gasteiger partial charge is 0.215 e. The molecule has 2 heterocycles. The van der Waals surface area contributed by atoms with Gasteiger partial charge in [0.15, 0.2) is 5.82 Å². The summed E-state index contributed by atoms with van der Waals surface area (Å²) in [6, 6.07) is 8.10. The minimum Gasteiger partial charge on any atom is -0.258 e. The van der Waals surface area contributed by atoms with Gasteiger partial charge in [-0.1, -0.05) is 23.7 Å². The first-order chi connectivity index (χ1) is 11.2. The van der Waals surface area contributed by atoms with Crippen molar-refractivity contribution in [2.45, 2.75) is 28.9 Å². The fourth-order valence-electron chi connectivity index (χ4n) is 2.15. The zero-order valence-corrected chi connectivity index (χ0v) is 13.4. The molecule has 4 rings (SSSR count). The van der Waals surface area contributed by atoms with E-state index >= 15 is 0 Å². The van der Waals surface area contributed by atoms with Gasteiger partial charge >= 0.3 is 0 Å². The molecule has 1 fully saturated rings. The van der Waals surface area contributed by atoms with Gasteiger partial charge in [0.1, 0.15) is 21.8 Å². The summed E-state index contributed by atoms with van der Waals surface area (Å²) in [5, 5.41) is 8.41. The highest BCUT2D eigenvalue weighted by molar-refractivity contribution is 7.99. The number of benzene rings is 1. The summed E-state index contributed by atoms with van der Waals surface area (Å²) in [6.07, 6.45) is 2.20. The van der Waals surface area contributed by atoms with Gasteiger partial charge in [0, 0.05) is 12.0 Å². The SMILES string of the molecule is Fc1ccccc1-c1nc(Sc2cc(Cl)nc(C3CC3)n2)n[nH]1. The lowest BCUT2D eigenvalue weighted by molar-refractivity contribution is 0.630. The molecule has 0 atom stereocenters. The molecule has 0 saturated heterocycles. The minimum atomic E-state index is -0.346. The van der Waals surface area contributed by atoms with Crippen molar-refractivity contribution in [3.63, 3.8) is 0 Å². The second kappa shape index (κ2) is 5.90. The van der Waals surface area contributed by atoms with Gasteiger partial charge in [0.05, 0.1) is 5.56 Å². The van der Waals surface area contributed by atoms with Gasteiger partial charge < -0.3 is 0 Å². The topological polar surface area (TPSA) is 67.3 Å². The molecule has 3 aromatic rings. The van der Waals surface area contributed by atoms with Crippen LogP contribution in [0.15, 0.2) is 40.5 Å². The Balaban J connectivity index is 1.59. The molecule has 0 radical (unpaired) electrons. The van der Waals surface area contributed by atoms with E-state index in [1.54, 1.807) is 24.3 Å². The standard InChI is InChI=1S/C15H11ClFN5S/c16-11-7-12(19-13(18-11)8-5-6-8)23-15-20-14(21-22-15)9-3-1-2-4-10(9)17/h1-4,7-8H,5-6H2,(H,20,21,22). The van der Waals surface area contributed by atoms with E-state index < -0.39 is 0 Å². The number of nitrogens with one attached hydrogen (secondary N) is 1. The van der Waals surface area contributed by atoms with Crippen LogP contribution >= 0.6 is 23.4 Å². The highest BCUT2D eigenvalue weighted by atomic mass is 35.5. The van der Waals surface area contributed by atoms with E-state index in [0.29, 0.717) is 32.6 Å². The number of nitrogens with zero attached hydrogens (tertiary/aromatic N) is 4. The van der Waals surface area contributed by atoms with Crippen LogP contribution in [0.2, 0.25) is 5.15 Å². The first-order valence-electron chi connectivity index (χ1n) is 7.08. The Morgan fingerprint density at radius 1 is 1.17 bits per heavy atom. The summed E-state index contributed by atoms with van der Waals surface area (Å²) in [6.45, 7) is 0. The molecule has 116 valence electrons. The maximum Gasteiger partial charge on any atom is 0.215 e. The van der Waals surface area contributed by atoms with Crippen molar-refractivity contribution in [1.29, 1.82) is 0 Å². The Labute approximate surface area is 140 Å². The van der Waals surface area contributed by atoms with Crippen LogP contribution < -0.4 is 0 Å². The molecule has 2 aromatic heterocycles. The second-order valence-corrected chi connectivity index (χ2v) is 6.58. The van der Waals surface area contributed by atoms with Crippen LogP contribution in [0, 0.1) is 5.82 Å². The molecule has 8 heteroatoms. The Morgan fingerprint density at radius 2 is 2.00 bits per heavy atom. The quantitative estimate of drug-likeness (QED) is 0.720. The van der Waals surface area contributed by atoms with Crippen molar-refractivity contribution in [1.82, 2.24) is 25.1 Å². The second-order valence-electron chi connectivity index (χ2n) is 5.21. The van der Waals surface area contributed by atoms with Gasteiger partial charge in [-0.3, -0.25) is 5.10 Å². The van der Waals surface area contributed by atoms with E-state index in [4.69, 9.17) is 11.6 Å². The molecule has 1 saturated carbocycles. The third kappa shape index (κ3) is 3.20. The molecule has 1 aliphatic carbocycles. The molecule has 0 amide bonds. The van der Waals surface area contributed by atoms with Gasteiger partial charge in [0.25, 0.3) is 0 Å². The maximum absolute atomic E-state index is 13.8. The van der Waals surface area contributed by atoms with Gasteiger partial charge in [-0.05, 0) is 36.7 Å². The third-order valence-corrected chi connectivity index (χ3v) is 4.40. The van der Waals surface area contributed by atoms with E-state index in [1.807, 2.05) is 0 Å². The van der Waals surface area contributed by atoms with Crippen LogP contribution in [0.3, 0.4) is 0 Å². The number of aromatic nitrogens is 5. The number of hydrogen-bond donors (Lipinski definition) is 1. The molecule has 0 unspecified atom stereocenters. The lowest BCUT2D eigenvalue weighted by Crippen LogP contribution is -1.94. The number of rotatable bonds is 4. The summed E-state index contributed by atoms with van der Waals surface area (Å²) in [5.74, 6) is 1.22. The fraction of sp³-hybridized carbons (Fsp3) is 0.200. The summed E-state index contributed by atoms with van der Waals surface area (Å²) in [7, 11) is 0. The predicted molar refractivity (Wildman–Crippen MR) is 84.9 cm³/mol. The molecular weight excluding hydrogens is 337 g/mol. The predicted octanol–water partition coefficient (Wildman–Crippen LogP) is 4.08. The van der Waals surface area contributed by atoms with E-state index in [-0.39, 0.29) is 5.82 Å². The lowest BCUT2D eigenvalue weighted by atomic mass is 10.2. The molecule has 5 nitrogen and oxygen atoms in total. The van der Waals surface area contributed by atoms with E-state index in [2.05, 4.69) is 25.1 Å². The van der Waals surface area contributed by atoms with E-state index in [1.165, 1.54) is 17.8 Å². The van der Waals surface area contributed by atoms with E-state index in [9.17, 15) is 4.39 Å². The normalized spacial score (nSPS) is 14.2. The molecule has 1 N–H and O–H groups in total. The fourth-order valence-corrected chi connectivity index (χ4v) is 3.13. The van der Waals surface area contributed by atoms with Crippen molar-refractivity contribution in [2.24, 2.45) is 0 Å². The average Bonchev–Trinajstić information content (AvgIpc) is 3.28. The zero-order valence-electron chi connectivity index (χ0n) is 11.8. The Bertz CT molecular complexity index is 865. The molecule has 0 bridgehead atoms. The van der Waals surface area contributed by atoms with Crippen LogP contribution in [0.1, 0.15) is 24.6 Å². The Kier molecular flexibility index (Phi) is 3.74. The van der Waals surface area contributed by atoms with Crippen LogP contribution in [0.4, 0.5) is 4.39 Å². The van der Waals surface area contributed by atoms with Crippen molar-refractivity contribution >= 4 is 23.4 Å². The maximum atomic E-state index is 13.8. The molecule has 0 spiro atoms. The highest BCUT2D eigenvalue weighted by Gasteiger charge is 2.27. The molecule has 23 heavy (non-hydrogen) atoms. The number of H-pyrrole nitrogens is 1. The lowest BCUT2D eigenvalue weighted by Gasteiger charge is -2.01. The van der Waals surface area contributed by atoms with Gasteiger partial charge in [0.2, 0.25) is 5.16 Å². The minimum absolute atomic E-state index is 0.346. The monoisotopic (exact) mass is 347 g/mol. The number of halogens is 2. The Morgan fingerprint density at radius 3 is 2.78 bits per heavy atom. The average molecular weight is 348 g/mol. The first kappa shape index (κ1) is 14.6. The van der Waals surface area contributed by atoms with Crippen molar-refractivity contribution in [3.05, 3.63) is 47.1 Å². The van der Waals surface area contributed by atoms with E-state index in [0.717, 1.165) is 18.7 Å². The van der Waals surface area contributed by atoms with Crippen LogP contribution in [-0.2, 0) is 0 Å². The summed E-state index contributed by atoms with van der Waals surface area (Å²) in [4.78, 5) is 13.0.